The molecule has 138 valence electrons. The SMILES string of the molecule is O=[N+]([O-])c1ccc(N2CCN(S(=O)(=O)c3ccccc3Cl)CC2)c(Cl)c1. The lowest BCUT2D eigenvalue weighted by atomic mass is 10.2. The highest BCUT2D eigenvalue weighted by Gasteiger charge is 2.30. The number of nitrogens with zero attached hydrogens (tertiary/aromatic N) is 3. The van der Waals surface area contributed by atoms with Crippen LogP contribution in [0.25, 0.3) is 0 Å². The van der Waals surface area contributed by atoms with Crippen molar-refractivity contribution in [1.82, 2.24) is 4.31 Å². The van der Waals surface area contributed by atoms with Crippen LogP contribution in [0.5, 0.6) is 0 Å². The first kappa shape index (κ1) is 18.9. The lowest BCUT2D eigenvalue weighted by molar-refractivity contribution is -0.384. The molecule has 0 N–H and O–H groups in total. The van der Waals surface area contributed by atoms with Gasteiger partial charge in [0.25, 0.3) is 5.69 Å². The highest BCUT2D eigenvalue weighted by Crippen LogP contribution is 2.31. The minimum absolute atomic E-state index is 0.0846. The third-order valence-electron chi connectivity index (χ3n) is 4.18. The van der Waals surface area contributed by atoms with Crippen molar-refractivity contribution in [2.45, 2.75) is 4.90 Å². The van der Waals surface area contributed by atoms with Crippen molar-refractivity contribution in [2.24, 2.45) is 0 Å². The largest absolute Gasteiger partial charge is 0.368 e. The molecule has 0 bridgehead atoms. The Balaban J connectivity index is 1.75. The Morgan fingerprint density at radius 2 is 1.62 bits per heavy atom. The van der Waals surface area contributed by atoms with Crippen LogP contribution in [0.1, 0.15) is 0 Å². The zero-order valence-corrected chi connectivity index (χ0v) is 15.8. The van der Waals surface area contributed by atoms with Gasteiger partial charge in [-0.2, -0.15) is 4.31 Å². The number of hydrogen-bond donors (Lipinski definition) is 0. The van der Waals surface area contributed by atoms with E-state index in [1.807, 2.05) is 4.90 Å². The number of anilines is 1. The van der Waals surface area contributed by atoms with Crippen LogP contribution < -0.4 is 4.90 Å². The predicted molar refractivity (Wildman–Crippen MR) is 101 cm³/mol. The maximum atomic E-state index is 12.8. The van der Waals surface area contributed by atoms with E-state index in [0.29, 0.717) is 18.8 Å². The van der Waals surface area contributed by atoms with Crippen molar-refractivity contribution in [3.63, 3.8) is 0 Å². The van der Waals surface area contributed by atoms with Gasteiger partial charge in [-0.25, -0.2) is 8.42 Å². The van der Waals surface area contributed by atoms with E-state index >= 15 is 0 Å². The maximum absolute atomic E-state index is 12.8. The molecule has 1 heterocycles. The predicted octanol–water partition coefficient (Wildman–Crippen LogP) is 3.41. The van der Waals surface area contributed by atoms with Crippen LogP contribution in [-0.4, -0.2) is 43.8 Å². The third-order valence-corrected chi connectivity index (χ3v) is 6.88. The first-order valence-electron chi connectivity index (χ1n) is 7.74. The number of hydrogen-bond acceptors (Lipinski definition) is 5. The van der Waals surface area contributed by atoms with E-state index in [4.69, 9.17) is 23.2 Å². The summed E-state index contributed by atoms with van der Waals surface area (Å²) in [4.78, 5) is 12.3. The zero-order chi connectivity index (χ0) is 18.9. The van der Waals surface area contributed by atoms with E-state index in [1.165, 1.54) is 22.5 Å². The lowest BCUT2D eigenvalue weighted by Crippen LogP contribution is -2.48. The molecular weight excluding hydrogens is 401 g/mol. The van der Waals surface area contributed by atoms with Crippen molar-refractivity contribution >= 4 is 44.6 Å². The smallest absolute Gasteiger partial charge is 0.271 e. The van der Waals surface area contributed by atoms with Crippen molar-refractivity contribution in [3.8, 4) is 0 Å². The number of non-ortho nitro benzene ring substituents is 1. The Hall–Kier alpha value is -1.87. The van der Waals surface area contributed by atoms with E-state index < -0.39 is 14.9 Å². The number of piperazine rings is 1. The number of rotatable bonds is 4. The van der Waals surface area contributed by atoms with E-state index in [-0.39, 0.29) is 33.7 Å². The molecule has 1 aliphatic rings. The Kier molecular flexibility index (Phi) is 5.38. The molecule has 2 aromatic rings. The van der Waals surface area contributed by atoms with Crippen LogP contribution in [0, 0.1) is 10.1 Å². The second-order valence-corrected chi connectivity index (χ2v) is 8.44. The van der Waals surface area contributed by atoms with E-state index in [2.05, 4.69) is 0 Å². The number of halogens is 2. The van der Waals surface area contributed by atoms with Crippen LogP contribution >= 0.6 is 23.2 Å². The maximum Gasteiger partial charge on any atom is 0.271 e. The zero-order valence-electron chi connectivity index (χ0n) is 13.5. The third kappa shape index (κ3) is 3.64. The summed E-state index contributed by atoms with van der Waals surface area (Å²) in [5, 5.41) is 11.3. The molecule has 0 aromatic heterocycles. The number of benzene rings is 2. The second kappa shape index (κ2) is 7.40. The Morgan fingerprint density at radius 3 is 2.19 bits per heavy atom. The first-order chi connectivity index (χ1) is 12.3. The molecule has 10 heteroatoms. The van der Waals surface area contributed by atoms with Gasteiger partial charge in [-0.3, -0.25) is 10.1 Å². The minimum atomic E-state index is -3.67. The molecule has 0 saturated carbocycles. The molecular formula is C16H15Cl2N3O4S. The highest BCUT2D eigenvalue weighted by atomic mass is 35.5. The molecule has 7 nitrogen and oxygen atoms in total. The average molecular weight is 416 g/mol. The monoisotopic (exact) mass is 415 g/mol. The van der Waals surface area contributed by atoms with E-state index in [0.717, 1.165) is 0 Å². The molecule has 0 aliphatic carbocycles. The fraction of sp³-hybridized carbons (Fsp3) is 0.250. The van der Waals surface area contributed by atoms with Crippen molar-refractivity contribution in [2.75, 3.05) is 31.1 Å². The summed E-state index contributed by atoms with van der Waals surface area (Å²) >= 11 is 12.2. The molecule has 1 saturated heterocycles. The van der Waals surface area contributed by atoms with Gasteiger partial charge in [-0.15, -0.1) is 0 Å². The fourth-order valence-electron chi connectivity index (χ4n) is 2.83. The summed E-state index contributed by atoms with van der Waals surface area (Å²) in [6.45, 7) is 1.37. The summed E-state index contributed by atoms with van der Waals surface area (Å²) in [6.07, 6.45) is 0. The van der Waals surface area contributed by atoms with Gasteiger partial charge < -0.3 is 4.90 Å². The molecule has 0 radical (unpaired) electrons. The topological polar surface area (TPSA) is 83.8 Å². The fourth-order valence-corrected chi connectivity index (χ4v) is 5.04. The van der Waals surface area contributed by atoms with Gasteiger partial charge >= 0.3 is 0 Å². The normalized spacial score (nSPS) is 15.8. The number of sulfonamides is 1. The molecule has 3 rings (SSSR count). The molecule has 0 spiro atoms. The summed E-state index contributed by atoms with van der Waals surface area (Å²) in [7, 11) is -3.67. The van der Waals surface area contributed by atoms with E-state index in [9.17, 15) is 18.5 Å². The number of nitro benzene ring substituents is 1. The first-order valence-corrected chi connectivity index (χ1v) is 9.94. The summed E-state index contributed by atoms with van der Waals surface area (Å²) in [5.74, 6) is 0. The Labute approximate surface area is 160 Å². The minimum Gasteiger partial charge on any atom is -0.368 e. The van der Waals surface area contributed by atoms with Crippen LogP contribution in [0.2, 0.25) is 10.0 Å². The lowest BCUT2D eigenvalue weighted by Gasteiger charge is -2.35. The summed E-state index contributed by atoms with van der Waals surface area (Å²) in [5.41, 5.74) is 0.561. The van der Waals surface area contributed by atoms with Gasteiger partial charge in [0.2, 0.25) is 10.0 Å². The van der Waals surface area contributed by atoms with Gasteiger partial charge in [-0.1, -0.05) is 35.3 Å². The standard InChI is InChI=1S/C16H15Cl2N3O4S/c17-13-3-1-2-4-16(13)26(24,25)20-9-7-19(8-10-20)15-6-5-12(21(22)23)11-14(15)18/h1-6,11H,7-10H2. The van der Waals surface area contributed by atoms with Gasteiger partial charge in [0, 0.05) is 38.3 Å². The molecule has 2 aromatic carbocycles. The quantitative estimate of drug-likeness (QED) is 0.564. The second-order valence-electron chi connectivity index (χ2n) is 5.71. The highest BCUT2D eigenvalue weighted by molar-refractivity contribution is 7.89. The van der Waals surface area contributed by atoms with Crippen molar-refractivity contribution in [3.05, 3.63) is 62.6 Å². The van der Waals surface area contributed by atoms with Gasteiger partial charge in [0.15, 0.2) is 0 Å². The van der Waals surface area contributed by atoms with Gasteiger partial charge in [0.1, 0.15) is 4.90 Å². The van der Waals surface area contributed by atoms with Gasteiger partial charge in [0.05, 0.1) is 20.7 Å². The molecule has 1 fully saturated rings. The average Bonchev–Trinajstić information content (AvgIpc) is 2.62. The molecule has 26 heavy (non-hydrogen) atoms. The van der Waals surface area contributed by atoms with E-state index in [1.54, 1.807) is 24.3 Å². The van der Waals surface area contributed by atoms with Crippen LogP contribution in [0.15, 0.2) is 47.4 Å². The summed E-state index contributed by atoms with van der Waals surface area (Å²) < 4.78 is 26.9. The Morgan fingerprint density at radius 1 is 0.962 bits per heavy atom. The van der Waals surface area contributed by atoms with Crippen molar-refractivity contribution < 1.29 is 13.3 Å². The Bertz CT molecular complexity index is 944. The number of nitro groups is 1. The van der Waals surface area contributed by atoms with Crippen molar-refractivity contribution in [1.29, 1.82) is 0 Å². The molecule has 0 amide bonds. The van der Waals surface area contributed by atoms with Crippen LogP contribution in [-0.2, 0) is 10.0 Å². The van der Waals surface area contributed by atoms with Crippen LogP contribution in [0.3, 0.4) is 0 Å². The molecule has 0 atom stereocenters. The van der Waals surface area contributed by atoms with Crippen LogP contribution in [0.4, 0.5) is 11.4 Å². The summed E-state index contributed by atoms with van der Waals surface area (Å²) in [6, 6.07) is 10.6. The molecule has 0 unspecified atom stereocenters. The van der Waals surface area contributed by atoms with Gasteiger partial charge in [-0.05, 0) is 18.2 Å². The molecule has 1 aliphatic heterocycles.